The van der Waals surface area contributed by atoms with Crippen LogP contribution in [0.5, 0.6) is 0 Å². The third-order valence-electron chi connectivity index (χ3n) is 5.92. The summed E-state index contributed by atoms with van der Waals surface area (Å²) < 4.78 is 30.5. The van der Waals surface area contributed by atoms with E-state index in [2.05, 4.69) is 0 Å². The van der Waals surface area contributed by atoms with Crippen LogP contribution >= 0.6 is 0 Å². The zero-order chi connectivity index (χ0) is 19.8. The van der Waals surface area contributed by atoms with Gasteiger partial charge >= 0.3 is 5.97 Å². The summed E-state index contributed by atoms with van der Waals surface area (Å²) in [5, 5.41) is 9.68. The molecule has 0 amide bonds. The van der Waals surface area contributed by atoms with Crippen molar-refractivity contribution in [3.63, 3.8) is 0 Å². The minimum atomic E-state index is -2.06. The second kappa shape index (κ2) is 8.19. The van der Waals surface area contributed by atoms with Gasteiger partial charge in [0.25, 0.3) is 0 Å². The Hall–Kier alpha value is -0.910. The summed E-state index contributed by atoms with van der Waals surface area (Å²) in [5.41, 5.74) is 0.735. The predicted octanol–water partition coefficient (Wildman–Crippen LogP) is -0.142. The van der Waals surface area contributed by atoms with Crippen LogP contribution in [0.4, 0.5) is 0 Å². The quantitative estimate of drug-likeness (QED) is 0.538. The zero-order valence-corrected chi connectivity index (χ0v) is 16.5. The minimum Gasteiger partial charge on any atom is -1.00 e. The van der Waals surface area contributed by atoms with E-state index >= 15 is 0 Å². The van der Waals surface area contributed by atoms with Crippen LogP contribution in [-0.4, -0.2) is 53.4 Å². The van der Waals surface area contributed by atoms with Crippen molar-refractivity contribution in [1.29, 1.82) is 0 Å². The van der Waals surface area contributed by atoms with E-state index in [9.17, 15) is 9.90 Å². The number of piperidine rings is 1. The maximum Gasteiger partial charge on any atom is 0.316 e. The number of fused-ring (bicyclic) bond motifs is 2. The summed E-state index contributed by atoms with van der Waals surface area (Å²) in [5.74, 6) is -1.12. The molecule has 3 atom stereocenters. The summed E-state index contributed by atoms with van der Waals surface area (Å²) in [4.78, 5) is 12.7. The highest BCUT2D eigenvalue weighted by atomic mass is 79.9. The number of esters is 1. The van der Waals surface area contributed by atoms with Gasteiger partial charge in [-0.05, 0) is 19.4 Å². The summed E-state index contributed by atoms with van der Waals surface area (Å²) in [7, 11) is 0. The number of aliphatic hydroxyl groups excluding tert-OH is 1. The lowest BCUT2D eigenvalue weighted by Gasteiger charge is -2.49. The largest absolute Gasteiger partial charge is 1.00 e. The zero-order valence-electron chi connectivity index (χ0n) is 17.9. The second-order valence-corrected chi connectivity index (χ2v) is 7.49. The molecular formula is C20H30BrNO3. The average Bonchev–Trinajstić information content (AvgIpc) is 2.83. The van der Waals surface area contributed by atoms with Gasteiger partial charge < -0.3 is 31.3 Å². The van der Waals surface area contributed by atoms with E-state index in [1.807, 2.05) is 44.2 Å². The monoisotopic (exact) mass is 414 g/mol. The fourth-order valence-corrected chi connectivity index (χ4v) is 4.59. The van der Waals surface area contributed by atoms with E-state index in [1.165, 1.54) is 0 Å². The number of ether oxygens (including phenoxy) is 1. The van der Waals surface area contributed by atoms with Gasteiger partial charge in [-0.25, -0.2) is 0 Å². The third kappa shape index (κ3) is 3.79. The number of quaternary nitrogens is 1. The maximum absolute atomic E-state index is 12.7. The molecule has 140 valence electrons. The molecule has 2 aliphatic heterocycles. The fraction of sp³-hybridized carbons (Fsp3) is 0.650. The molecule has 0 spiro atoms. The number of hydrogen-bond donors (Lipinski definition) is 1. The third-order valence-corrected chi connectivity index (χ3v) is 5.92. The van der Waals surface area contributed by atoms with Gasteiger partial charge in [-0.15, -0.1) is 0 Å². The number of rotatable bonds is 5. The molecule has 25 heavy (non-hydrogen) atoms. The second-order valence-electron chi connectivity index (χ2n) is 7.49. The van der Waals surface area contributed by atoms with Crippen molar-refractivity contribution < 1.29 is 40.2 Å². The molecule has 2 heterocycles. The van der Waals surface area contributed by atoms with E-state index in [0.29, 0.717) is 12.8 Å². The van der Waals surface area contributed by atoms with Gasteiger partial charge in [-0.3, -0.25) is 4.79 Å². The molecule has 2 aliphatic rings. The molecule has 1 aromatic carbocycles. The van der Waals surface area contributed by atoms with Crippen LogP contribution < -0.4 is 17.0 Å². The Labute approximate surface area is 165 Å². The number of carbonyl (C=O) groups excluding carboxylic acids is 1. The highest BCUT2D eigenvalue weighted by molar-refractivity contribution is 5.78. The van der Waals surface area contributed by atoms with Crippen LogP contribution in [0.2, 0.25) is 0 Å². The van der Waals surface area contributed by atoms with Crippen molar-refractivity contribution in [1.82, 2.24) is 0 Å². The molecule has 3 rings (SSSR count). The first kappa shape index (κ1) is 16.3. The number of halogens is 1. The van der Waals surface area contributed by atoms with E-state index in [0.717, 1.165) is 18.4 Å². The Morgan fingerprint density at radius 1 is 1.28 bits per heavy atom. The van der Waals surface area contributed by atoms with Crippen LogP contribution in [0.15, 0.2) is 30.3 Å². The van der Waals surface area contributed by atoms with Crippen molar-refractivity contribution in [3.8, 4) is 0 Å². The van der Waals surface area contributed by atoms with Crippen molar-refractivity contribution in [3.05, 3.63) is 35.9 Å². The molecular weight excluding hydrogens is 382 g/mol. The van der Waals surface area contributed by atoms with Gasteiger partial charge in [0, 0.05) is 25.7 Å². The lowest BCUT2D eigenvalue weighted by atomic mass is 9.94. The van der Waals surface area contributed by atoms with Crippen LogP contribution in [0.25, 0.3) is 0 Å². The first-order chi connectivity index (χ1) is 12.7. The Bertz CT molecular complexity index is 654. The van der Waals surface area contributed by atoms with E-state index < -0.39 is 18.9 Å². The predicted molar refractivity (Wildman–Crippen MR) is 93.5 cm³/mol. The normalized spacial score (nSPS) is 34.4. The van der Waals surface area contributed by atoms with E-state index in [1.54, 1.807) is 0 Å². The summed E-state index contributed by atoms with van der Waals surface area (Å²) in [6.07, 6.45) is 2.59. The summed E-state index contributed by atoms with van der Waals surface area (Å²) in [6, 6.07) is 9.11. The standard InChI is InChI=1S/C20H30NO3.BrH/c1-14(2)21(3)16-9-10-17(21)12-18(11-16)24-20(23)19(13-22)15-7-5-4-6-8-15;/h4-8,14,16-19,22H,9-13H2,1-3H3;1H/q+1;/p-1/t16-,17-,18?,19?,21?;/m0./s1/i3D3;. The van der Waals surface area contributed by atoms with Crippen LogP contribution in [-0.2, 0) is 9.53 Å². The highest BCUT2D eigenvalue weighted by Crippen LogP contribution is 2.44. The number of nitrogens with zero attached hydrogens (tertiary/aromatic N) is 1. The Balaban J connectivity index is 0.00000280. The molecule has 1 N–H and O–H groups in total. The number of carbonyl (C=O) groups is 1. The lowest BCUT2D eigenvalue weighted by molar-refractivity contribution is -0.968. The number of hydrogen-bond acceptors (Lipinski definition) is 3. The van der Waals surface area contributed by atoms with Crippen molar-refractivity contribution in [2.75, 3.05) is 13.6 Å². The molecule has 0 aliphatic carbocycles. The molecule has 0 radical (unpaired) electrons. The maximum atomic E-state index is 12.7. The van der Waals surface area contributed by atoms with Gasteiger partial charge in [0.1, 0.15) is 12.0 Å². The van der Waals surface area contributed by atoms with Gasteiger partial charge in [0.15, 0.2) is 0 Å². The van der Waals surface area contributed by atoms with Gasteiger partial charge in [-0.2, -0.15) is 0 Å². The van der Waals surface area contributed by atoms with Crippen LogP contribution in [0.1, 0.15) is 55.1 Å². The number of aliphatic hydroxyl groups is 1. The minimum absolute atomic E-state index is 0. The van der Waals surface area contributed by atoms with Crippen molar-refractivity contribution >= 4 is 5.97 Å². The lowest BCUT2D eigenvalue weighted by Crippen LogP contribution is -3.00. The first-order valence-corrected chi connectivity index (χ1v) is 8.96. The fourth-order valence-electron chi connectivity index (χ4n) is 4.59. The first-order valence-electron chi connectivity index (χ1n) is 10.5. The SMILES string of the molecule is [2H]C([2H])([2H])[N+]1(C(C)C)[C@H]2CC[C@H]1CC(OC(=O)C(CO)c1ccccc1)C2.[Br-]. The topological polar surface area (TPSA) is 46.5 Å². The molecule has 1 aromatic rings. The Morgan fingerprint density at radius 2 is 1.88 bits per heavy atom. The van der Waals surface area contributed by atoms with Gasteiger partial charge in [-0.1, -0.05) is 30.3 Å². The molecule has 5 heteroatoms. The van der Waals surface area contributed by atoms with Crippen molar-refractivity contribution in [2.24, 2.45) is 0 Å². The molecule has 1 unspecified atom stereocenters. The molecule has 2 saturated heterocycles. The average molecular weight is 415 g/mol. The summed E-state index contributed by atoms with van der Waals surface area (Å²) in [6.45, 7) is 1.61. The van der Waals surface area contributed by atoms with E-state index in [-0.39, 0.29) is 52.3 Å². The Kier molecular flexibility index (Phi) is 5.33. The molecule has 2 fully saturated rings. The summed E-state index contributed by atoms with van der Waals surface area (Å²) >= 11 is 0. The highest BCUT2D eigenvalue weighted by Gasteiger charge is 2.53. The van der Waals surface area contributed by atoms with E-state index in [4.69, 9.17) is 8.85 Å². The van der Waals surface area contributed by atoms with Gasteiger partial charge in [0.05, 0.1) is 35.8 Å². The van der Waals surface area contributed by atoms with Crippen LogP contribution in [0, 0.1) is 0 Å². The Morgan fingerprint density at radius 3 is 2.36 bits per heavy atom. The van der Waals surface area contributed by atoms with Crippen molar-refractivity contribution in [2.45, 2.75) is 69.7 Å². The molecule has 4 nitrogen and oxygen atoms in total. The molecule has 0 saturated carbocycles. The van der Waals surface area contributed by atoms with Gasteiger partial charge in [0.2, 0.25) is 0 Å². The molecule has 0 aromatic heterocycles. The van der Waals surface area contributed by atoms with Crippen LogP contribution in [0.3, 0.4) is 0 Å². The smallest absolute Gasteiger partial charge is 0.316 e. The molecule has 2 bridgehead atoms. The number of benzene rings is 1.